The van der Waals surface area contributed by atoms with Crippen molar-refractivity contribution in [3.05, 3.63) is 48.0 Å². The number of hydrogen-bond acceptors (Lipinski definition) is 4. The second-order valence-corrected chi connectivity index (χ2v) is 5.93. The number of carbonyl (C=O) groups is 1. The molecule has 2 aromatic rings. The Kier molecular flexibility index (Phi) is 4.80. The Morgan fingerprint density at radius 3 is 2.96 bits per heavy atom. The van der Waals surface area contributed by atoms with E-state index in [1.807, 2.05) is 13.1 Å². The number of likely N-dealkylation sites (tertiary alicyclic amines) is 1. The summed E-state index contributed by atoms with van der Waals surface area (Å²) in [5, 5.41) is 14.2. The monoisotopic (exact) mass is 333 g/mol. The van der Waals surface area contributed by atoms with Gasteiger partial charge in [0.1, 0.15) is 23.8 Å². The highest BCUT2D eigenvalue weighted by atomic mass is 19.1. The van der Waals surface area contributed by atoms with Gasteiger partial charge in [0.05, 0.1) is 13.1 Å². The molecular weight excluding hydrogens is 313 g/mol. The maximum absolute atomic E-state index is 13.2. The molecule has 0 saturated carbocycles. The molecule has 1 saturated heterocycles. The van der Waals surface area contributed by atoms with Gasteiger partial charge in [-0.3, -0.25) is 9.48 Å². The van der Waals surface area contributed by atoms with Crippen molar-refractivity contribution in [1.82, 2.24) is 14.7 Å². The molecular formula is C17H20FN3O3. The largest absolute Gasteiger partial charge is 0.486 e. The van der Waals surface area contributed by atoms with Crippen molar-refractivity contribution in [2.24, 2.45) is 7.05 Å². The van der Waals surface area contributed by atoms with Crippen LogP contribution in [-0.4, -0.2) is 51.0 Å². The summed E-state index contributed by atoms with van der Waals surface area (Å²) in [6, 6.07) is 7.64. The van der Waals surface area contributed by atoms with Crippen molar-refractivity contribution in [1.29, 1.82) is 0 Å². The molecule has 0 unspecified atom stereocenters. The SMILES string of the molecule is Cn1nccc1CCC(=O)N1C[C@@H](O)[C@H](Oc2cccc(F)c2)C1. The Bertz CT molecular complexity index is 719. The van der Waals surface area contributed by atoms with Crippen molar-refractivity contribution < 1.29 is 19.0 Å². The van der Waals surface area contributed by atoms with Gasteiger partial charge in [-0.25, -0.2) is 4.39 Å². The highest BCUT2D eigenvalue weighted by Gasteiger charge is 2.35. The molecule has 0 radical (unpaired) electrons. The number of benzene rings is 1. The van der Waals surface area contributed by atoms with Crippen LogP contribution in [0.3, 0.4) is 0 Å². The van der Waals surface area contributed by atoms with E-state index in [0.29, 0.717) is 25.1 Å². The van der Waals surface area contributed by atoms with Crippen molar-refractivity contribution in [3.63, 3.8) is 0 Å². The first-order chi connectivity index (χ1) is 11.5. The van der Waals surface area contributed by atoms with E-state index in [1.165, 1.54) is 12.1 Å². The minimum Gasteiger partial charge on any atom is -0.486 e. The van der Waals surface area contributed by atoms with Gasteiger partial charge >= 0.3 is 0 Å². The zero-order valence-electron chi connectivity index (χ0n) is 13.4. The van der Waals surface area contributed by atoms with Crippen molar-refractivity contribution >= 4 is 5.91 Å². The lowest BCUT2D eigenvalue weighted by atomic mass is 10.2. The van der Waals surface area contributed by atoms with Crippen LogP contribution in [0.15, 0.2) is 36.5 Å². The quantitative estimate of drug-likeness (QED) is 0.891. The van der Waals surface area contributed by atoms with Crippen molar-refractivity contribution in [2.75, 3.05) is 13.1 Å². The molecule has 1 aromatic heterocycles. The predicted octanol–water partition coefficient (Wildman–Crippen LogP) is 1.14. The maximum Gasteiger partial charge on any atom is 0.223 e. The molecule has 0 aliphatic carbocycles. The second-order valence-electron chi connectivity index (χ2n) is 5.93. The molecule has 2 heterocycles. The third-order valence-electron chi connectivity index (χ3n) is 4.19. The first-order valence-electron chi connectivity index (χ1n) is 7.88. The van der Waals surface area contributed by atoms with Gasteiger partial charge in [-0.2, -0.15) is 5.10 Å². The topological polar surface area (TPSA) is 67.6 Å². The van der Waals surface area contributed by atoms with Crippen molar-refractivity contribution in [3.8, 4) is 5.75 Å². The van der Waals surface area contributed by atoms with E-state index in [2.05, 4.69) is 5.10 Å². The van der Waals surface area contributed by atoms with E-state index < -0.39 is 18.0 Å². The lowest BCUT2D eigenvalue weighted by Crippen LogP contribution is -2.31. The molecule has 1 amide bonds. The van der Waals surface area contributed by atoms with Crippen LogP contribution in [0.5, 0.6) is 5.75 Å². The predicted molar refractivity (Wildman–Crippen MR) is 84.9 cm³/mol. The average molecular weight is 333 g/mol. The Morgan fingerprint density at radius 1 is 1.42 bits per heavy atom. The normalized spacial score (nSPS) is 20.4. The fourth-order valence-corrected chi connectivity index (χ4v) is 2.83. The van der Waals surface area contributed by atoms with Crippen LogP contribution in [0.4, 0.5) is 4.39 Å². The Labute approximate surface area is 139 Å². The molecule has 128 valence electrons. The Morgan fingerprint density at radius 2 is 2.25 bits per heavy atom. The molecule has 7 heteroatoms. The van der Waals surface area contributed by atoms with Gasteiger partial charge in [-0.1, -0.05) is 6.07 Å². The molecule has 1 aliphatic rings. The Hall–Kier alpha value is -2.41. The molecule has 1 aliphatic heterocycles. The van der Waals surface area contributed by atoms with Crippen LogP contribution in [0.2, 0.25) is 0 Å². The number of nitrogens with zero attached hydrogens (tertiary/aromatic N) is 3. The number of aliphatic hydroxyl groups excluding tert-OH is 1. The van der Waals surface area contributed by atoms with E-state index in [1.54, 1.807) is 27.9 Å². The fourth-order valence-electron chi connectivity index (χ4n) is 2.83. The summed E-state index contributed by atoms with van der Waals surface area (Å²) in [7, 11) is 1.84. The molecule has 2 atom stereocenters. The van der Waals surface area contributed by atoms with Gasteiger partial charge in [-0.05, 0) is 24.6 Å². The number of amides is 1. The standard InChI is InChI=1S/C17H20FN3O3/c1-20-13(7-8-19-20)5-6-17(23)21-10-15(22)16(11-21)24-14-4-2-3-12(18)9-14/h2-4,7-9,15-16,22H,5-6,10-11H2,1H3/t15-,16-/m1/s1. The van der Waals surface area contributed by atoms with Gasteiger partial charge < -0.3 is 14.7 Å². The van der Waals surface area contributed by atoms with Gasteiger partial charge in [0.25, 0.3) is 0 Å². The highest BCUT2D eigenvalue weighted by molar-refractivity contribution is 5.76. The van der Waals surface area contributed by atoms with Crippen LogP contribution in [-0.2, 0) is 18.3 Å². The van der Waals surface area contributed by atoms with Crippen LogP contribution in [0, 0.1) is 5.82 Å². The van der Waals surface area contributed by atoms with Crippen LogP contribution in [0.1, 0.15) is 12.1 Å². The highest BCUT2D eigenvalue weighted by Crippen LogP contribution is 2.20. The third kappa shape index (κ3) is 3.73. The molecule has 0 bridgehead atoms. The molecule has 0 spiro atoms. The maximum atomic E-state index is 13.2. The van der Waals surface area contributed by atoms with Gasteiger partial charge in [0.15, 0.2) is 0 Å². The summed E-state index contributed by atoms with van der Waals surface area (Å²) in [5.74, 6) is -0.0899. The number of aromatic nitrogens is 2. The number of rotatable bonds is 5. The number of aryl methyl sites for hydroxylation is 2. The average Bonchev–Trinajstić information content (AvgIpc) is 3.11. The van der Waals surface area contributed by atoms with Crippen molar-refractivity contribution in [2.45, 2.75) is 25.0 Å². The minimum atomic E-state index is -0.783. The first kappa shape index (κ1) is 16.4. The lowest BCUT2D eigenvalue weighted by molar-refractivity contribution is -0.130. The number of carbonyl (C=O) groups excluding carboxylic acids is 1. The number of hydrogen-bond donors (Lipinski definition) is 1. The summed E-state index contributed by atoms with van der Waals surface area (Å²) < 4.78 is 20.6. The molecule has 3 rings (SSSR count). The third-order valence-corrected chi connectivity index (χ3v) is 4.19. The molecule has 24 heavy (non-hydrogen) atoms. The van der Waals surface area contributed by atoms with Crippen LogP contribution >= 0.6 is 0 Å². The van der Waals surface area contributed by atoms with Crippen LogP contribution < -0.4 is 4.74 Å². The second kappa shape index (κ2) is 7.00. The summed E-state index contributed by atoms with van der Waals surface area (Å²) in [6.07, 6.45) is 1.31. The number of aliphatic hydroxyl groups is 1. The number of ether oxygens (including phenoxy) is 1. The van der Waals surface area contributed by atoms with Gasteiger partial charge in [0, 0.05) is 31.4 Å². The van der Waals surface area contributed by atoms with E-state index in [-0.39, 0.29) is 12.5 Å². The zero-order chi connectivity index (χ0) is 17.1. The lowest BCUT2D eigenvalue weighted by Gasteiger charge is -2.17. The Balaban J connectivity index is 1.54. The molecule has 1 fully saturated rings. The first-order valence-corrected chi connectivity index (χ1v) is 7.88. The smallest absolute Gasteiger partial charge is 0.223 e. The van der Waals surface area contributed by atoms with Gasteiger partial charge in [0.2, 0.25) is 5.91 Å². The summed E-state index contributed by atoms with van der Waals surface area (Å²) >= 11 is 0. The van der Waals surface area contributed by atoms with E-state index in [0.717, 1.165) is 5.69 Å². The van der Waals surface area contributed by atoms with E-state index in [4.69, 9.17) is 4.74 Å². The molecule has 1 aromatic carbocycles. The number of halogens is 1. The summed E-state index contributed by atoms with van der Waals surface area (Å²) in [4.78, 5) is 13.9. The van der Waals surface area contributed by atoms with Gasteiger partial charge in [-0.15, -0.1) is 0 Å². The number of β-amino-alcohol motifs (C(OH)–C–C–N with tert-alkyl or cyclic N) is 1. The zero-order valence-corrected chi connectivity index (χ0v) is 13.4. The van der Waals surface area contributed by atoms with E-state index >= 15 is 0 Å². The fraction of sp³-hybridized carbons (Fsp3) is 0.412. The van der Waals surface area contributed by atoms with Crippen LogP contribution in [0.25, 0.3) is 0 Å². The minimum absolute atomic E-state index is 0.0411. The van der Waals surface area contributed by atoms with E-state index in [9.17, 15) is 14.3 Å². The molecule has 6 nitrogen and oxygen atoms in total. The summed E-state index contributed by atoms with van der Waals surface area (Å²) in [6.45, 7) is 0.520. The molecule has 1 N–H and O–H groups in total. The summed E-state index contributed by atoms with van der Waals surface area (Å²) in [5.41, 5.74) is 0.982.